The van der Waals surface area contributed by atoms with Crippen LogP contribution in [0.5, 0.6) is 0 Å². The van der Waals surface area contributed by atoms with Crippen LogP contribution in [-0.4, -0.2) is 17.0 Å². The Hall–Kier alpha value is -2.68. The maximum absolute atomic E-state index is 13.6. The first-order valence-corrected chi connectivity index (χ1v) is 6.05. The van der Waals surface area contributed by atoms with Crippen LogP contribution in [-0.2, 0) is 0 Å². The van der Waals surface area contributed by atoms with E-state index in [1.165, 1.54) is 6.07 Å². The van der Waals surface area contributed by atoms with Gasteiger partial charge in [0, 0.05) is 12.6 Å². The molecule has 0 aliphatic carbocycles. The molecule has 0 amide bonds. The standard InChI is InChI=1S/C14H14FN5/c1-8-13(17-3)18-9(2)19-14(8)20-12-6-4-5-11(15)10(12)7-16/h4-6H,1-3H3,(H2,17,18,19,20). The van der Waals surface area contributed by atoms with Crippen molar-refractivity contribution in [3.8, 4) is 6.07 Å². The van der Waals surface area contributed by atoms with Crippen LogP contribution < -0.4 is 10.6 Å². The molecule has 2 N–H and O–H groups in total. The van der Waals surface area contributed by atoms with Gasteiger partial charge >= 0.3 is 0 Å². The fourth-order valence-corrected chi connectivity index (χ4v) is 1.86. The molecule has 1 aromatic heterocycles. The van der Waals surface area contributed by atoms with Crippen molar-refractivity contribution in [2.45, 2.75) is 13.8 Å². The van der Waals surface area contributed by atoms with Crippen molar-refractivity contribution in [1.82, 2.24) is 9.97 Å². The van der Waals surface area contributed by atoms with Crippen LogP contribution >= 0.6 is 0 Å². The zero-order chi connectivity index (χ0) is 14.7. The first-order chi connectivity index (χ1) is 9.56. The van der Waals surface area contributed by atoms with E-state index >= 15 is 0 Å². The summed E-state index contributed by atoms with van der Waals surface area (Å²) in [6.45, 7) is 3.61. The molecule has 0 aliphatic rings. The monoisotopic (exact) mass is 271 g/mol. The quantitative estimate of drug-likeness (QED) is 0.898. The van der Waals surface area contributed by atoms with Gasteiger partial charge in [0.2, 0.25) is 0 Å². The van der Waals surface area contributed by atoms with E-state index in [-0.39, 0.29) is 5.56 Å². The Morgan fingerprint density at radius 1 is 1.20 bits per heavy atom. The molecule has 20 heavy (non-hydrogen) atoms. The molecule has 0 spiro atoms. The van der Waals surface area contributed by atoms with E-state index < -0.39 is 5.82 Å². The van der Waals surface area contributed by atoms with E-state index in [0.29, 0.717) is 23.1 Å². The molecule has 6 heteroatoms. The Kier molecular flexibility index (Phi) is 3.80. The molecule has 102 valence electrons. The molecule has 2 rings (SSSR count). The highest BCUT2D eigenvalue weighted by atomic mass is 19.1. The average Bonchev–Trinajstić information content (AvgIpc) is 2.42. The molecule has 0 radical (unpaired) electrons. The van der Waals surface area contributed by atoms with Gasteiger partial charge in [-0.2, -0.15) is 5.26 Å². The summed E-state index contributed by atoms with van der Waals surface area (Å²) in [6.07, 6.45) is 0. The van der Waals surface area contributed by atoms with E-state index in [2.05, 4.69) is 20.6 Å². The second-order valence-electron chi connectivity index (χ2n) is 4.24. The van der Waals surface area contributed by atoms with Gasteiger partial charge in [0.1, 0.15) is 34.9 Å². The SMILES string of the molecule is CNc1nc(C)nc(Nc2cccc(F)c2C#N)c1C. The minimum atomic E-state index is -0.560. The maximum atomic E-state index is 13.6. The van der Waals surface area contributed by atoms with Crippen LogP contribution in [0.3, 0.4) is 0 Å². The third-order valence-corrected chi connectivity index (χ3v) is 2.87. The molecule has 0 atom stereocenters. The minimum Gasteiger partial charge on any atom is -0.373 e. The highest BCUT2D eigenvalue weighted by Crippen LogP contribution is 2.26. The van der Waals surface area contributed by atoms with Gasteiger partial charge in [-0.1, -0.05) is 6.07 Å². The lowest BCUT2D eigenvalue weighted by Gasteiger charge is -2.13. The van der Waals surface area contributed by atoms with Crippen molar-refractivity contribution in [2.24, 2.45) is 0 Å². The molecule has 0 unspecified atom stereocenters. The van der Waals surface area contributed by atoms with E-state index in [9.17, 15) is 4.39 Å². The molecule has 5 nitrogen and oxygen atoms in total. The highest BCUT2D eigenvalue weighted by Gasteiger charge is 2.12. The number of rotatable bonds is 3. The fourth-order valence-electron chi connectivity index (χ4n) is 1.86. The molecule has 0 fully saturated rings. The fraction of sp³-hybridized carbons (Fsp3) is 0.214. The number of aryl methyl sites for hydroxylation is 1. The van der Waals surface area contributed by atoms with Crippen molar-refractivity contribution in [2.75, 3.05) is 17.7 Å². The number of hydrogen-bond acceptors (Lipinski definition) is 5. The smallest absolute Gasteiger partial charge is 0.143 e. The second kappa shape index (κ2) is 5.53. The third-order valence-electron chi connectivity index (χ3n) is 2.87. The van der Waals surface area contributed by atoms with Gasteiger partial charge in [0.05, 0.1) is 5.69 Å². The number of aromatic nitrogens is 2. The lowest BCUT2D eigenvalue weighted by atomic mass is 10.1. The maximum Gasteiger partial charge on any atom is 0.143 e. The normalized spacial score (nSPS) is 9.95. The van der Waals surface area contributed by atoms with Crippen LogP contribution in [0.2, 0.25) is 0 Å². The molecule has 1 heterocycles. The Morgan fingerprint density at radius 2 is 1.90 bits per heavy atom. The van der Waals surface area contributed by atoms with Crippen LogP contribution in [0, 0.1) is 31.0 Å². The lowest BCUT2D eigenvalue weighted by Crippen LogP contribution is -2.06. The second-order valence-corrected chi connectivity index (χ2v) is 4.24. The van der Waals surface area contributed by atoms with Crippen molar-refractivity contribution in [1.29, 1.82) is 5.26 Å². The van der Waals surface area contributed by atoms with Crippen molar-refractivity contribution >= 4 is 17.3 Å². The van der Waals surface area contributed by atoms with Gasteiger partial charge < -0.3 is 10.6 Å². The molecule has 0 bridgehead atoms. The topological polar surface area (TPSA) is 73.6 Å². The molecule has 1 aromatic carbocycles. The average molecular weight is 271 g/mol. The number of halogens is 1. The van der Waals surface area contributed by atoms with Gasteiger partial charge in [0.25, 0.3) is 0 Å². The number of hydrogen-bond donors (Lipinski definition) is 2. The Balaban J connectivity index is 2.48. The van der Waals surface area contributed by atoms with Crippen LogP contribution in [0.25, 0.3) is 0 Å². The molecule has 2 aromatic rings. The highest BCUT2D eigenvalue weighted by molar-refractivity contribution is 5.69. The summed E-state index contributed by atoms with van der Waals surface area (Å²) in [6, 6.07) is 6.28. The largest absolute Gasteiger partial charge is 0.373 e. The van der Waals surface area contributed by atoms with E-state index in [1.807, 2.05) is 13.0 Å². The number of anilines is 3. The van der Waals surface area contributed by atoms with E-state index in [1.54, 1.807) is 26.1 Å². The Bertz CT molecular complexity index is 691. The Morgan fingerprint density at radius 3 is 2.55 bits per heavy atom. The minimum absolute atomic E-state index is 0.0332. The predicted octanol–water partition coefficient (Wildman–Crippen LogP) is 2.89. The van der Waals surface area contributed by atoms with Crippen LogP contribution in [0.4, 0.5) is 21.7 Å². The van der Waals surface area contributed by atoms with Gasteiger partial charge in [-0.05, 0) is 26.0 Å². The van der Waals surface area contributed by atoms with E-state index in [0.717, 1.165) is 5.56 Å². The first kappa shape index (κ1) is 13.7. The molecule has 0 aliphatic heterocycles. The number of nitriles is 1. The van der Waals surface area contributed by atoms with Crippen LogP contribution in [0.1, 0.15) is 17.0 Å². The summed E-state index contributed by atoms with van der Waals surface area (Å²) < 4.78 is 13.6. The third kappa shape index (κ3) is 2.52. The summed E-state index contributed by atoms with van der Waals surface area (Å²) in [5.74, 6) is 1.26. The predicted molar refractivity (Wildman–Crippen MR) is 75.5 cm³/mol. The number of benzene rings is 1. The summed E-state index contributed by atoms with van der Waals surface area (Å²) in [4.78, 5) is 8.54. The molecular formula is C14H14FN5. The molecular weight excluding hydrogens is 257 g/mol. The summed E-state index contributed by atoms with van der Waals surface area (Å²) >= 11 is 0. The zero-order valence-corrected chi connectivity index (χ0v) is 11.5. The van der Waals surface area contributed by atoms with Crippen molar-refractivity contribution in [3.05, 3.63) is 41.0 Å². The van der Waals surface area contributed by atoms with Crippen LogP contribution in [0.15, 0.2) is 18.2 Å². The van der Waals surface area contributed by atoms with Gasteiger partial charge in [-0.15, -0.1) is 0 Å². The van der Waals surface area contributed by atoms with Crippen molar-refractivity contribution in [3.63, 3.8) is 0 Å². The lowest BCUT2D eigenvalue weighted by molar-refractivity contribution is 0.624. The number of nitrogens with zero attached hydrogens (tertiary/aromatic N) is 3. The summed E-state index contributed by atoms with van der Waals surface area (Å²) in [5, 5.41) is 15.0. The number of nitrogens with one attached hydrogen (secondary N) is 2. The van der Waals surface area contributed by atoms with E-state index in [4.69, 9.17) is 5.26 Å². The molecule has 0 saturated carbocycles. The summed E-state index contributed by atoms with van der Waals surface area (Å²) in [7, 11) is 1.77. The zero-order valence-electron chi connectivity index (χ0n) is 11.5. The molecule has 0 saturated heterocycles. The first-order valence-electron chi connectivity index (χ1n) is 6.05. The van der Waals surface area contributed by atoms with Gasteiger partial charge in [0.15, 0.2) is 0 Å². The van der Waals surface area contributed by atoms with Gasteiger partial charge in [-0.3, -0.25) is 0 Å². The summed E-state index contributed by atoms with van der Waals surface area (Å²) in [5.41, 5.74) is 1.15. The Labute approximate surface area is 116 Å². The van der Waals surface area contributed by atoms with Gasteiger partial charge in [-0.25, -0.2) is 14.4 Å². The van der Waals surface area contributed by atoms with Crippen molar-refractivity contribution < 1.29 is 4.39 Å².